The molecule has 0 saturated heterocycles. The van der Waals surface area contributed by atoms with Crippen LogP contribution in [0.4, 0.5) is 11.4 Å². The predicted octanol–water partition coefficient (Wildman–Crippen LogP) is 3.24. The van der Waals surface area contributed by atoms with Crippen LogP contribution < -0.4 is 10.6 Å². The number of carbonyl (C=O) groups is 3. The Hall–Kier alpha value is -2.51. The van der Waals surface area contributed by atoms with Crippen LogP contribution in [0.1, 0.15) is 6.42 Å². The van der Waals surface area contributed by atoms with E-state index in [0.717, 1.165) is 10.6 Å². The van der Waals surface area contributed by atoms with Crippen molar-refractivity contribution in [2.75, 3.05) is 24.2 Å². The minimum atomic E-state index is -0.526. The summed E-state index contributed by atoms with van der Waals surface area (Å²) in [4.78, 5) is 39.1. The van der Waals surface area contributed by atoms with Crippen molar-refractivity contribution < 1.29 is 14.4 Å². The van der Waals surface area contributed by atoms with Crippen LogP contribution in [-0.4, -0.2) is 41.5 Å². The molecule has 2 aromatic carbocycles. The summed E-state index contributed by atoms with van der Waals surface area (Å²) in [6.45, 7) is -0.125. The Morgan fingerprint density at radius 1 is 1.19 bits per heavy atom. The van der Waals surface area contributed by atoms with Gasteiger partial charge in [0, 0.05) is 18.4 Å². The molecule has 1 unspecified atom stereocenters. The molecular formula is C19H18ClN3O3S. The van der Waals surface area contributed by atoms with Gasteiger partial charge in [-0.2, -0.15) is 0 Å². The summed E-state index contributed by atoms with van der Waals surface area (Å²) in [5.41, 5.74) is 1.24. The van der Waals surface area contributed by atoms with Gasteiger partial charge in [-0.25, -0.2) is 0 Å². The van der Waals surface area contributed by atoms with Gasteiger partial charge in [0.1, 0.15) is 0 Å². The van der Waals surface area contributed by atoms with Gasteiger partial charge in [-0.05, 0) is 24.3 Å². The second-order valence-corrected chi connectivity index (χ2v) is 7.73. The van der Waals surface area contributed by atoms with Gasteiger partial charge in [0.15, 0.2) is 0 Å². The van der Waals surface area contributed by atoms with Crippen LogP contribution in [-0.2, 0) is 14.4 Å². The quantitative estimate of drug-likeness (QED) is 0.803. The van der Waals surface area contributed by atoms with Gasteiger partial charge in [-0.3, -0.25) is 14.4 Å². The summed E-state index contributed by atoms with van der Waals surface area (Å²) in [5, 5.41) is 5.38. The highest BCUT2D eigenvalue weighted by molar-refractivity contribution is 8.01. The lowest BCUT2D eigenvalue weighted by molar-refractivity contribution is -0.134. The number of amides is 3. The molecule has 2 aromatic rings. The first-order chi connectivity index (χ1) is 12.9. The highest BCUT2D eigenvalue weighted by Gasteiger charge is 2.30. The lowest BCUT2D eigenvalue weighted by Gasteiger charge is -2.25. The molecule has 3 rings (SSSR count). The summed E-state index contributed by atoms with van der Waals surface area (Å²) < 4.78 is 0. The molecule has 0 fully saturated rings. The van der Waals surface area contributed by atoms with E-state index in [-0.39, 0.29) is 30.7 Å². The molecule has 140 valence electrons. The van der Waals surface area contributed by atoms with Crippen LogP contribution in [0.3, 0.4) is 0 Å². The maximum atomic E-state index is 12.5. The van der Waals surface area contributed by atoms with E-state index < -0.39 is 5.25 Å². The van der Waals surface area contributed by atoms with Crippen LogP contribution in [0.5, 0.6) is 0 Å². The molecule has 1 aliphatic heterocycles. The largest absolute Gasteiger partial charge is 0.336 e. The standard InChI is InChI=1S/C19H18ClN3O3S/c1-23(11-17(24)21-13-7-3-2-6-12(13)20)18(25)10-16-19(26)22-14-8-4-5-9-15(14)27-16/h2-9,16H,10-11H2,1H3,(H,21,24)(H,22,26). The van der Waals surface area contributed by atoms with E-state index in [1.165, 1.54) is 23.7 Å². The van der Waals surface area contributed by atoms with E-state index in [9.17, 15) is 14.4 Å². The Bertz CT molecular complexity index is 890. The Balaban J connectivity index is 1.55. The van der Waals surface area contributed by atoms with E-state index in [2.05, 4.69) is 10.6 Å². The Kier molecular flexibility index (Phi) is 6.03. The van der Waals surface area contributed by atoms with E-state index in [1.807, 2.05) is 24.3 Å². The van der Waals surface area contributed by atoms with Crippen molar-refractivity contribution in [3.63, 3.8) is 0 Å². The molecule has 3 amide bonds. The van der Waals surface area contributed by atoms with Crippen LogP contribution >= 0.6 is 23.4 Å². The van der Waals surface area contributed by atoms with Gasteiger partial charge in [0.25, 0.3) is 0 Å². The normalized spacial score (nSPS) is 15.5. The number of likely N-dealkylation sites (N-methyl/N-ethyl adjacent to an activating group) is 1. The third-order valence-electron chi connectivity index (χ3n) is 4.02. The van der Waals surface area contributed by atoms with E-state index >= 15 is 0 Å². The van der Waals surface area contributed by atoms with Gasteiger partial charge in [0.05, 0.1) is 28.2 Å². The number of nitrogens with one attached hydrogen (secondary N) is 2. The molecule has 1 aliphatic rings. The first kappa shape index (κ1) is 19.3. The van der Waals surface area contributed by atoms with E-state index in [0.29, 0.717) is 10.7 Å². The highest BCUT2D eigenvalue weighted by atomic mass is 35.5. The SMILES string of the molecule is CN(CC(=O)Nc1ccccc1Cl)C(=O)CC1Sc2ccccc2NC1=O. The van der Waals surface area contributed by atoms with Gasteiger partial charge >= 0.3 is 0 Å². The van der Waals surface area contributed by atoms with Gasteiger partial charge in [-0.1, -0.05) is 35.9 Å². The Morgan fingerprint density at radius 3 is 2.67 bits per heavy atom. The average molecular weight is 404 g/mol. The molecule has 27 heavy (non-hydrogen) atoms. The second kappa shape index (κ2) is 8.45. The molecule has 0 radical (unpaired) electrons. The van der Waals surface area contributed by atoms with Crippen molar-refractivity contribution in [1.82, 2.24) is 4.90 Å². The molecule has 0 aromatic heterocycles. The topological polar surface area (TPSA) is 78.5 Å². The second-order valence-electron chi connectivity index (χ2n) is 6.07. The van der Waals surface area contributed by atoms with Crippen LogP contribution in [0.25, 0.3) is 0 Å². The molecule has 0 bridgehead atoms. The fraction of sp³-hybridized carbons (Fsp3) is 0.211. The monoisotopic (exact) mass is 403 g/mol. The third kappa shape index (κ3) is 4.81. The summed E-state index contributed by atoms with van der Waals surface area (Å²) in [6, 6.07) is 14.3. The number of thioether (sulfide) groups is 1. The first-order valence-electron chi connectivity index (χ1n) is 8.29. The summed E-state index contributed by atoms with van der Waals surface area (Å²) in [5.74, 6) is -0.845. The number of hydrogen-bond donors (Lipinski definition) is 2. The smallest absolute Gasteiger partial charge is 0.244 e. The average Bonchev–Trinajstić information content (AvgIpc) is 2.64. The molecule has 0 saturated carbocycles. The Labute approximate surface area is 166 Å². The predicted molar refractivity (Wildman–Crippen MR) is 107 cm³/mol. The number of rotatable bonds is 5. The molecular weight excluding hydrogens is 386 g/mol. The summed E-state index contributed by atoms with van der Waals surface area (Å²) >= 11 is 7.37. The summed E-state index contributed by atoms with van der Waals surface area (Å²) in [6.07, 6.45) is 0.0146. The molecule has 1 heterocycles. The molecule has 0 spiro atoms. The number of nitrogens with zero attached hydrogens (tertiary/aromatic N) is 1. The molecule has 1 atom stereocenters. The fourth-order valence-electron chi connectivity index (χ4n) is 2.60. The zero-order valence-corrected chi connectivity index (χ0v) is 16.1. The zero-order valence-electron chi connectivity index (χ0n) is 14.6. The van der Waals surface area contributed by atoms with Crippen molar-refractivity contribution >= 4 is 52.5 Å². The van der Waals surface area contributed by atoms with Gasteiger partial charge in [-0.15, -0.1) is 11.8 Å². The minimum Gasteiger partial charge on any atom is -0.336 e. The fourth-order valence-corrected chi connectivity index (χ4v) is 3.88. The van der Waals surface area contributed by atoms with Crippen molar-refractivity contribution in [1.29, 1.82) is 0 Å². The maximum Gasteiger partial charge on any atom is 0.244 e. The number of halogens is 1. The van der Waals surface area contributed by atoms with E-state index in [4.69, 9.17) is 11.6 Å². The van der Waals surface area contributed by atoms with Crippen LogP contribution in [0.15, 0.2) is 53.4 Å². The first-order valence-corrected chi connectivity index (χ1v) is 9.54. The molecule has 0 aliphatic carbocycles. The maximum absolute atomic E-state index is 12.5. The Morgan fingerprint density at radius 2 is 1.89 bits per heavy atom. The number of hydrogen-bond acceptors (Lipinski definition) is 4. The number of carbonyl (C=O) groups excluding carboxylic acids is 3. The number of para-hydroxylation sites is 2. The number of benzene rings is 2. The highest BCUT2D eigenvalue weighted by Crippen LogP contribution is 2.36. The van der Waals surface area contributed by atoms with Crippen molar-refractivity contribution in [3.8, 4) is 0 Å². The van der Waals surface area contributed by atoms with Crippen LogP contribution in [0, 0.1) is 0 Å². The lowest BCUT2D eigenvalue weighted by atomic mass is 10.2. The molecule has 2 N–H and O–H groups in total. The number of anilines is 2. The van der Waals surface area contributed by atoms with Crippen molar-refractivity contribution in [2.24, 2.45) is 0 Å². The van der Waals surface area contributed by atoms with E-state index in [1.54, 1.807) is 24.3 Å². The van der Waals surface area contributed by atoms with Gasteiger partial charge in [0.2, 0.25) is 17.7 Å². The van der Waals surface area contributed by atoms with Crippen molar-refractivity contribution in [2.45, 2.75) is 16.6 Å². The minimum absolute atomic E-state index is 0.0146. The third-order valence-corrected chi connectivity index (χ3v) is 5.63. The van der Waals surface area contributed by atoms with Crippen molar-refractivity contribution in [3.05, 3.63) is 53.6 Å². The van der Waals surface area contributed by atoms with Gasteiger partial charge < -0.3 is 15.5 Å². The summed E-state index contributed by atoms with van der Waals surface area (Å²) in [7, 11) is 1.54. The molecule has 8 heteroatoms. The number of fused-ring (bicyclic) bond motifs is 1. The van der Waals surface area contributed by atoms with Crippen LogP contribution in [0.2, 0.25) is 5.02 Å². The molecule has 6 nitrogen and oxygen atoms in total. The lowest BCUT2D eigenvalue weighted by Crippen LogP contribution is -2.39. The zero-order chi connectivity index (χ0) is 19.4.